The monoisotopic (exact) mass is 379 g/mol. The van der Waals surface area contributed by atoms with Gasteiger partial charge < -0.3 is 14.8 Å². The molecular formula is C20H25N7O. The Bertz CT molecular complexity index is 931. The van der Waals surface area contributed by atoms with Crippen molar-refractivity contribution in [3.8, 4) is 5.69 Å². The van der Waals surface area contributed by atoms with Crippen molar-refractivity contribution in [1.29, 1.82) is 0 Å². The number of rotatable bonds is 5. The third-order valence-corrected chi connectivity index (χ3v) is 5.01. The van der Waals surface area contributed by atoms with E-state index < -0.39 is 0 Å². The van der Waals surface area contributed by atoms with Gasteiger partial charge in [0.2, 0.25) is 0 Å². The highest BCUT2D eigenvalue weighted by molar-refractivity contribution is 5.73. The van der Waals surface area contributed by atoms with Crippen LogP contribution in [0.4, 0.5) is 4.79 Å². The van der Waals surface area contributed by atoms with Gasteiger partial charge in [0.05, 0.1) is 25.0 Å². The predicted molar refractivity (Wildman–Crippen MR) is 105 cm³/mol. The molecule has 0 fully saturated rings. The number of aryl methyl sites for hydroxylation is 1. The van der Waals surface area contributed by atoms with Gasteiger partial charge in [-0.15, -0.1) is 10.2 Å². The molecule has 3 aromatic rings. The van der Waals surface area contributed by atoms with Crippen LogP contribution in [0.25, 0.3) is 5.69 Å². The molecule has 0 aliphatic carbocycles. The first-order valence-corrected chi connectivity index (χ1v) is 9.69. The number of nitrogens with zero attached hydrogens (tertiary/aromatic N) is 6. The summed E-state index contributed by atoms with van der Waals surface area (Å²) in [6.07, 6.45) is 8.20. The first kappa shape index (κ1) is 18.2. The summed E-state index contributed by atoms with van der Waals surface area (Å²) in [5, 5.41) is 15.9. The van der Waals surface area contributed by atoms with Crippen molar-refractivity contribution in [1.82, 2.24) is 34.8 Å². The number of nitrogens with one attached hydrogen (secondary N) is 1. The van der Waals surface area contributed by atoms with Crippen LogP contribution in [-0.4, -0.2) is 42.5 Å². The zero-order valence-corrected chi connectivity index (χ0v) is 16.1. The Hall–Kier alpha value is -3.16. The largest absolute Gasteiger partial charge is 0.331 e. The molecule has 0 bridgehead atoms. The van der Waals surface area contributed by atoms with Crippen LogP contribution in [0.15, 0.2) is 42.7 Å². The van der Waals surface area contributed by atoms with E-state index >= 15 is 0 Å². The minimum atomic E-state index is -0.140. The molecule has 146 valence electrons. The molecule has 0 saturated heterocycles. The van der Waals surface area contributed by atoms with Gasteiger partial charge in [0.1, 0.15) is 5.82 Å². The van der Waals surface area contributed by atoms with Crippen LogP contribution in [0.2, 0.25) is 0 Å². The summed E-state index contributed by atoms with van der Waals surface area (Å²) in [4.78, 5) is 14.1. The fraction of sp³-hybridized carbons (Fsp3) is 0.400. The fourth-order valence-electron chi connectivity index (χ4n) is 3.48. The Morgan fingerprint density at radius 2 is 2.04 bits per heavy atom. The Morgan fingerprint density at radius 1 is 1.18 bits per heavy atom. The van der Waals surface area contributed by atoms with Crippen LogP contribution in [-0.2, 0) is 26.1 Å². The van der Waals surface area contributed by atoms with E-state index in [1.54, 1.807) is 18.1 Å². The third kappa shape index (κ3) is 4.05. The molecule has 28 heavy (non-hydrogen) atoms. The van der Waals surface area contributed by atoms with Gasteiger partial charge in [0.25, 0.3) is 0 Å². The van der Waals surface area contributed by atoms with Gasteiger partial charge in [0, 0.05) is 31.8 Å². The van der Waals surface area contributed by atoms with E-state index in [0.29, 0.717) is 13.1 Å². The number of hydrogen-bond donors (Lipinski definition) is 1. The van der Waals surface area contributed by atoms with Crippen LogP contribution >= 0.6 is 0 Å². The molecule has 2 aromatic heterocycles. The second-order valence-electron chi connectivity index (χ2n) is 7.14. The van der Waals surface area contributed by atoms with Gasteiger partial charge in [-0.05, 0) is 25.0 Å². The average molecular weight is 379 g/mol. The highest BCUT2D eigenvalue weighted by Crippen LogP contribution is 2.14. The molecule has 1 aliphatic rings. The first-order chi connectivity index (χ1) is 13.7. The number of para-hydroxylation sites is 1. The highest BCUT2D eigenvalue weighted by atomic mass is 16.2. The number of carbonyl (C=O) groups excluding carboxylic acids is 1. The lowest BCUT2D eigenvalue weighted by atomic mass is 10.2. The van der Waals surface area contributed by atoms with Crippen molar-refractivity contribution < 1.29 is 4.79 Å². The molecule has 8 heteroatoms. The molecule has 0 spiro atoms. The van der Waals surface area contributed by atoms with Gasteiger partial charge in [-0.2, -0.15) is 5.10 Å². The second-order valence-corrected chi connectivity index (χ2v) is 7.14. The number of carbonyl (C=O) groups is 1. The van der Waals surface area contributed by atoms with Gasteiger partial charge in [0.15, 0.2) is 5.82 Å². The molecule has 3 heterocycles. The number of amides is 2. The van der Waals surface area contributed by atoms with E-state index in [9.17, 15) is 4.79 Å². The lowest BCUT2D eigenvalue weighted by Crippen LogP contribution is -2.37. The molecule has 0 saturated carbocycles. The maximum Gasteiger partial charge on any atom is 0.317 e. The van der Waals surface area contributed by atoms with E-state index in [4.69, 9.17) is 0 Å². The zero-order valence-electron chi connectivity index (χ0n) is 16.1. The summed E-state index contributed by atoms with van der Waals surface area (Å²) in [6.45, 7) is 1.80. The summed E-state index contributed by atoms with van der Waals surface area (Å²) >= 11 is 0. The van der Waals surface area contributed by atoms with Gasteiger partial charge >= 0.3 is 6.03 Å². The maximum absolute atomic E-state index is 12.5. The number of urea groups is 1. The third-order valence-electron chi connectivity index (χ3n) is 5.01. The molecule has 1 aliphatic heterocycles. The summed E-state index contributed by atoms with van der Waals surface area (Å²) in [5.74, 6) is 1.86. The lowest BCUT2D eigenvalue weighted by molar-refractivity contribution is 0.206. The van der Waals surface area contributed by atoms with Crippen molar-refractivity contribution in [2.75, 3.05) is 7.05 Å². The number of benzene rings is 1. The van der Waals surface area contributed by atoms with Gasteiger partial charge in [-0.3, -0.25) is 0 Å². The normalized spacial score (nSPS) is 13.6. The molecule has 4 rings (SSSR count). The molecule has 0 atom stereocenters. The lowest BCUT2D eigenvalue weighted by Gasteiger charge is -2.17. The van der Waals surface area contributed by atoms with Crippen molar-refractivity contribution in [2.24, 2.45) is 0 Å². The molecule has 0 radical (unpaired) electrons. The highest BCUT2D eigenvalue weighted by Gasteiger charge is 2.16. The molecule has 1 aromatic carbocycles. The molecule has 8 nitrogen and oxygen atoms in total. The van der Waals surface area contributed by atoms with Crippen molar-refractivity contribution >= 4 is 6.03 Å². The minimum Gasteiger partial charge on any atom is -0.331 e. The van der Waals surface area contributed by atoms with Crippen molar-refractivity contribution in [3.63, 3.8) is 0 Å². The predicted octanol–water partition coefficient (Wildman–Crippen LogP) is 2.53. The minimum absolute atomic E-state index is 0.140. The van der Waals surface area contributed by atoms with E-state index in [1.807, 2.05) is 41.2 Å². The van der Waals surface area contributed by atoms with E-state index in [-0.39, 0.29) is 6.03 Å². The van der Waals surface area contributed by atoms with Crippen LogP contribution in [0.1, 0.15) is 36.5 Å². The molecule has 2 amide bonds. The number of aromatic nitrogens is 5. The maximum atomic E-state index is 12.5. The molecule has 1 N–H and O–H groups in total. The Kier molecular flexibility index (Phi) is 5.36. The smallest absolute Gasteiger partial charge is 0.317 e. The van der Waals surface area contributed by atoms with Crippen LogP contribution in [0.5, 0.6) is 0 Å². The van der Waals surface area contributed by atoms with Gasteiger partial charge in [-0.25, -0.2) is 9.48 Å². The Balaban J connectivity index is 1.33. The summed E-state index contributed by atoms with van der Waals surface area (Å²) in [7, 11) is 1.78. The standard InChI is InChI=1S/C20H25N7O/c1-25(14-16-12-22-27(15-16)17-8-4-2-5-9-17)20(28)21-13-19-24-23-18-10-6-3-7-11-26(18)19/h2,4-5,8-9,12,15H,3,6-7,10-11,13-14H2,1H3,(H,21,28). The molecular weight excluding hydrogens is 354 g/mol. The van der Waals surface area contributed by atoms with Crippen LogP contribution < -0.4 is 5.32 Å². The van der Waals surface area contributed by atoms with Crippen LogP contribution in [0.3, 0.4) is 0 Å². The van der Waals surface area contributed by atoms with Crippen LogP contribution in [0, 0.1) is 0 Å². The second kappa shape index (κ2) is 8.24. The fourth-order valence-corrected chi connectivity index (χ4v) is 3.48. The van der Waals surface area contributed by atoms with Gasteiger partial charge in [-0.1, -0.05) is 24.6 Å². The average Bonchev–Trinajstić information content (AvgIpc) is 3.27. The van der Waals surface area contributed by atoms with E-state index in [2.05, 4.69) is 25.2 Å². The summed E-state index contributed by atoms with van der Waals surface area (Å²) in [6, 6.07) is 9.77. The number of hydrogen-bond acceptors (Lipinski definition) is 4. The Labute approximate surface area is 164 Å². The zero-order chi connectivity index (χ0) is 19.3. The molecule has 0 unspecified atom stereocenters. The summed E-state index contributed by atoms with van der Waals surface area (Å²) < 4.78 is 3.96. The van der Waals surface area contributed by atoms with Crippen molar-refractivity contribution in [2.45, 2.75) is 45.3 Å². The quantitative estimate of drug-likeness (QED) is 0.739. The first-order valence-electron chi connectivity index (χ1n) is 9.69. The van der Waals surface area contributed by atoms with E-state index in [1.165, 1.54) is 6.42 Å². The van der Waals surface area contributed by atoms with Crippen molar-refractivity contribution in [3.05, 3.63) is 59.9 Å². The summed E-state index contributed by atoms with van der Waals surface area (Å²) in [5.41, 5.74) is 1.96. The Morgan fingerprint density at radius 3 is 2.89 bits per heavy atom. The number of fused-ring (bicyclic) bond motifs is 1. The topological polar surface area (TPSA) is 80.9 Å². The SMILES string of the molecule is CN(Cc1cnn(-c2ccccc2)c1)C(=O)NCc1nnc2n1CCCCC2. The van der Waals surface area contributed by atoms with E-state index in [0.717, 1.165) is 48.7 Å².